The van der Waals surface area contributed by atoms with Gasteiger partial charge < -0.3 is 12.6 Å². The number of aliphatic imine (C=N–C) groups is 1. The van der Waals surface area contributed by atoms with Gasteiger partial charge in [-0.25, -0.2) is 0 Å². The third kappa shape index (κ3) is 6.44. The van der Waals surface area contributed by atoms with E-state index in [4.69, 9.17) is 31.2 Å². The summed E-state index contributed by atoms with van der Waals surface area (Å²) in [4.78, 5) is 4.53. The van der Waals surface area contributed by atoms with Gasteiger partial charge in [-0.1, -0.05) is 35.9 Å². The van der Waals surface area contributed by atoms with Crippen molar-refractivity contribution in [3.05, 3.63) is 59.2 Å². The van der Waals surface area contributed by atoms with Gasteiger partial charge in [-0.15, -0.1) is 0 Å². The Balaban J connectivity index is 0.000000816. The molecule has 2 aromatic rings. The van der Waals surface area contributed by atoms with E-state index in [1.807, 2.05) is 13.0 Å². The molecule has 2 aromatic carbocycles. The number of para-hydroxylation sites is 1. The van der Waals surface area contributed by atoms with Crippen LogP contribution in [0.15, 0.2) is 52.4 Å². The molecular weight excluding hydrogens is 402 g/mol. The number of halogens is 5. The first kappa shape index (κ1) is 20.5. The molecule has 0 radical (unpaired) electrons. The molecule has 1 nitrogen and oxygen atoms in total. The zero-order valence-corrected chi connectivity index (χ0v) is 15.8. The number of benzene rings is 2. The number of hydrogen-bond donors (Lipinski definition) is 0. The van der Waals surface area contributed by atoms with Crippen molar-refractivity contribution in [2.75, 3.05) is 0 Å². The van der Waals surface area contributed by atoms with Gasteiger partial charge in [0.25, 0.3) is 0 Å². The SMILES string of the molecule is Cc1cccc(C=Nc2ccccc2C(F)(F)F)c1[S-].[Cl][Ti][Cl]. The van der Waals surface area contributed by atoms with E-state index in [0.29, 0.717) is 10.5 Å². The van der Waals surface area contributed by atoms with E-state index in [2.05, 4.69) is 4.99 Å². The second-order valence-electron chi connectivity index (χ2n) is 4.34. The fraction of sp³-hybridized carbons (Fsp3) is 0.133. The molecule has 0 saturated carbocycles. The minimum absolute atomic E-state index is 0.115. The monoisotopic (exact) mass is 412 g/mol. The molecule has 0 saturated heterocycles. The Kier molecular flexibility index (Phi) is 8.58. The maximum absolute atomic E-state index is 12.8. The van der Waals surface area contributed by atoms with E-state index in [-0.39, 0.29) is 5.69 Å². The molecule has 0 unspecified atom stereocenters. The van der Waals surface area contributed by atoms with E-state index in [1.54, 1.807) is 12.1 Å². The molecule has 0 aliphatic rings. The Morgan fingerprint density at radius 3 is 2.30 bits per heavy atom. The van der Waals surface area contributed by atoms with Gasteiger partial charge in [0.05, 0.1) is 11.3 Å². The third-order valence-corrected chi connectivity index (χ3v) is 3.35. The zero-order chi connectivity index (χ0) is 17.5. The molecule has 0 fully saturated rings. The summed E-state index contributed by atoms with van der Waals surface area (Å²) in [6.45, 7) is 1.85. The standard InChI is InChI=1S/C15H12F3NS.2ClH.Ti/c1-10-5-4-6-11(14(10)20)9-19-13-8-3-2-7-12(13)15(16,17)18;;;/h2-9,20H,1H3;2*1H;/q;;;+2/p-3. The number of alkyl halides is 3. The molecule has 8 heteroatoms. The molecule has 0 aliphatic carbocycles. The molecule has 0 spiro atoms. The van der Waals surface area contributed by atoms with Crippen LogP contribution in [0.5, 0.6) is 0 Å². The molecule has 0 aliphatic heterocycles. The number of aryl methyl sites for hydroxylation is 1. The summed E-state index contributed by atoms with van der Waals surface area (Å²) in [5.74, 6) is 0. The predicted octanol–water partition coefficient (Wildman–Crippen LogP) is 6.05. The van der Waals surface area contributed by atoms with Crippen molar-refractivity contribution in [1.29, 1.82) is 0 Å². The van der Waals surface area contributed by atoms with Gasteiger partial charge in [-0.2, -0.15) is 18.1 Å². The van der Waals surface area contributed by atoms with Crippen LogP contribution >= 0.6 is 18.6 Å². The molecular formula is C15H11Cl2F3NSTi-. The van der Waals surface area contributed by atoms with Crippen molar-refractivity contribution in [2.24, 2.45) is 4.99 Å². The van der Waals surface area contributed by atoms with Crippen LogP contribution in [0.1, 0.15) is 16.7 Å². The van der Waals surface area contributed by atoms with Gasteiger partial charge in [-0.05, 0) is 24.6 Å². The Morgan fingerprint density at radius 1 is 1.09 bits per heavy atom. The topological polar surface area (TPSA) is 12.4 Å². The van der Waals surface area contributed by atoms with Gasteiger partial charge in [0.1, 0.15) is 0 Å². The normalized spacial score (nSPS) is 11.0. The van der Waals surface area contributed by atoms with Crippen molar-refractivity contribution >= 4 is 43.1 Å². The summed E-state index contributed by atoms with van der Waals surface area (Å²) >= 11 is 4.65. The van der Waals surface area contributed by atoms with Crippen LogP contribution in [-0.2, 0) is 35.8 Å². The van der Waals surface area contributed by atoms with Gasteiger partial charge in [0, 0.05) is 6.21 Å². The average molecular weight is 413 g/mol. The molecule has 0 bridgehead atoms. The quantitative estimate of drug-likeness (QED) is 0.332. The first-order chi connectivity index (χ1) is 10.8. The van der Waals surface area contributed by atoms with Crippen molar-refractivity contribution < 1.29 is 30.2 Å². The first-order valence-corrected chi connectivity index (χ1v) is 10.9. The molecule has 0 amide bonds. The van der Waals surface area contributed by atoms with Crippen molar-refractivity contribution in [1.82, 2.24) is 0 Å². The van der Waals surface area contributed by atoms with E-state index >= 15 is 0 Å². The van der Waals surface area contributed by atoms with Crippen LogP contribution in [-0.4, -0.2) is 6.21 Å². The fourth-order valence-electron chi connectivity index (χ4n) is 1.74. The minimum atomic E-state index is -4.42. The Morgan fingerprint density at radius 2 is 1.70 bits per heavy atom. The van der Waals surface area contributed by atoms with Gasteiger partial charge in [0.15, 0.2) is 0 Å². The molecule has 0 atom stereocenters. The second-order valence-corrected chi connectivity index (χ2v) is 7.33. The average Bonchev–Trinajstić information content (AvgIpc) is 2.49. The summed E-state index contributed by atoms with van der Waals surface area (Å²) in [5, 5.41) is 0. The Hall–Kier alpha value is -0.586. The van der Waals surface area contributed by atoms with Crippen LogP contribution in [0.3, 0.4) is 0 Å². The van der Waals surface area contributed by atoms with Crippen LogP contribution in [0, 0.1) is 6.92 Å². The molecule has 122 valence electrons. The number of hydrogen-bond acceptors (Lipinski definition) is 2. The Bertz CT molecular complexity index is 678. The fourth-order valence-corrected chi connectivity index (χ4v) is 1.93. The summed E-state index contributed by atoms with van der Waals surface area (Å²) in [6.07, 6.45) is -3.04. The molecule has 23 heavy (non-hydrogen) atoms. The zero-order valence-electron chi connectivity index (χ0n) is 11.9. The maximum atomic E-state index is 12.8. The molecule has 0 aromatic heterocycles. The predicted molar refractivity (Wildman–Crippen MR) is 87.2 cm³/mol. The van der Waals surface area contributed by atoms with E-state index < -0.39 is 28.8 Å². The van der Waals surface area contributed by atoms with Gasteiger partial charge in [-0.3, -0.25) is 4.99 Å². The summed E-state index contributed by atoms with van der Waals surface area (Å²) in [6, 6.07) is 10.6. The van der Waals surface area contributed by atoms with E-state index in [1.165, 1.54) is 24.4 Å². The molecule has 0 heterocycles. The number of nitrogens with zero attached hydrogens (tertiary/aromatic N) is 1. The van der Waals surface area contributed by atoms with Crippen LogP contribution in [0.4, 0.5) is 18.9 Å². The Labute approximate surface area is 155 Å². The van der Waals surface area contributed by atoms with Crippen molar-refractivity contribution in [3.63, 3.8) is 0 Å². The molecule has 2 rings (SSSR count). The number of rotatable bonds is 2. The van der Waals surface area contributed by atoms with Gasteiger partial charge >= 0.3 is 41.8 Å². The van der Waals surface area contributed by atoms with Gasteiger partial charge in [0.2, 0.25) is 0 Å². The summed E-state index contributed by atoms with van der Waals surface area (Å²) in [7, 11) is 9.78. The van der Waals surface area contributed by atoms with E-state index in [0.717, 1.165) is 11.6 Å². The van der Waals surface area contributed by atoms with E-state index in [9.17, 15) is 13.2 Å². The summed E-state index contributed by atoms with van der Waals surface area (Å²) < 4.78 is 38.5. The summed E-state index contributed by atoms with van der Waals surface area (Å²) in [5.41, 5.74) is 0.663. The molecule has 0 N–H and O–H groups in total. The second kappa shape index (κ2) is 9.65. The van der Waals surface area contributed by atoms with Crippen molar-refractivity contribution in [2.45, 2.75) is 18.0 Å². The van der Waals surface area contributed by atoms with Crippen LogP contribution in [0.2, 0.25) is 0 Å². The first-order valence-electron chi connectivity index (χ1n) is 6.24. The van der Waals surface area contributed by atoms with Crippen molar-refractivity contribution in [3.8, 4) is 0 Å². The third-order valence-electron chi connectivity index (χ3n) is 2.79. The van der Waals surface area contributed by atoms with Crippen LogP contribution < -0.4 is 0 Å². The van der Waals surface area contributed by atoms with Crippen LogP contribution in [0.25, 0.3) is 0 Å².